The lowest BCUT2D eigenvalue weighted by Gasteiger charge is -2.04. The van der Waals surface area contributed by atoms with Crippen molar-refractivity contribution in [2.45, 2.75) is 6.54 Å². The van der Waals surface area contributed by atoms with Crippen molar-refractivity contribution in [1.82, 2.24) is 4.57 Å². The molecule has 0 unspecified atom stereocenters. The number of aromatic hydroxyl groups is 1. The molecule has 110 valence electrons. The van der Waals surface area contributed by atoms with Gasteiger partial charge in [0.25, 0.3) is 0 Å². The molecule has 0 spiro atoms. The number of hydrogen-bond donors (Lipinski definition) is 1. The molecule has 4 heteroatoms. The minimum absolute atomic E-state index is 0.0167. The highest BCUT2D eigenvalue weighted by Gasteiger charge is 2.05. The Morgan fingerprint density at radius 1 is 0.955 bits per heavy atom. The Hall–Kier alpha value is -2.59. The third-order valence-electron chi connectivity index (χ3n) is 3.35. The first kappa shape index (κ1) is 14.4. The van der Waals surface area contributed by atoms with Crippen LogP contribution in [-0.4, -0.2) is 9.67 Å². The predicted octanol–water partition coefficient (Wildman–Crippen LogP) is 3.83. The molecule has 0 aliphatic heterocycles. The van der Waals surface area contributed by atoms with E-state index in [2.05, 4.69) is 18.2 Å². The second-order valence-electron chi connectivity index (χ2n) is 4.93. The van der Waals surface area contributed by atoms with Gasteiger partial charge in [0.15, 0.2) is 0 Å². The van der Waals surface area contributed by atoms with E-state index in [0.717, 1.165) is 28.0 Å². The zero-order chi connectivity index (χ0) is 15.4. The Kier molecular flexibility index (Phi) is 4.21. The van der Waals surface area contributed by atoms with Gasteiger partial charge in [0, 0.05) is 0 Å². The first-order valence-electron chi connectivity index (χ1n) is 6.92. The Bertz CT molecular complexity index is 830. The Morgan fingerprint density at radius 3 is 2.18 bits per heavy atom. The van der Waals surface area contributed by atoms with Gasteiger partial charge >= 0.3 is 4.87 Å². The van der Waals surface area contributed by atoms with Crippen LogP contribution in [0.5, 0.6) is 5.88 Å². The Labute approximate surface area is 132 Å². The third-order valence-corrected chi connectivity index (χ3v) is 4.10. The van der Waals surface area contributed by atoms with Crippen LogP contribution >= 0.6 is 11.3 Å². The molecule has 1 N–H and O–H groups in total. The van der Waals surface area contributed by atoms with Crippen LogP contribution in [0.1, 0.15) is 16.7 Å². The molecule has 0 aliphatic carbocycles. The molecule has 1 aromatic heterocycles. The van der Waals surface area contributed by atoms with Crippen LogP contribution < -0.4 is 4.87 Å². The van der Waals surface area contributed by atoms with Crippen molar-refractivity contribution >= 4 is 23.5 Å². The fourth-order valence-electron chi connectivity index (χ4n) is 2.14. The van der Waals surface area contributed by atoms with Gasteiger partial charge in [0.1, 0.15) is 0 Å². The number of rotatable bonds is 4. The standard InChI is InChI=1S/C18H15NO2S/c20-17-13-22-18(21)19(17)12-16-10-8-15(9-11-16)7-6-14-4-2-1-3-5-14/h1-11,13,20H,12H2. The summed E-state index contributed by atoms with van der Waals surface area (Å²) in [6, 6.07) is 18.1. The van der Waals surface area contributed by atoms with Crippen molar-refractivity contribution in [3.05, 3.63) is 86.3 Å². The van der Waals surface area contributed by atoms with Gasteiger partial charge in [-0.2, -0.15) is 0 Å². The largest absolute Gasteiger partial charge is 0.494 e. The van der Waals surface area contributed by atoms with Crippen molar-refractivity contribution in [3.63, 3.8) is 0 Å². The molecule has 0 amide bonds. The molecule has 0 atom stereocenters. The molecular weight excluding hydrogens is 294 g/mol. The summed E-state index contributed by atoms with van der Waals surface area (Å²) < 4.78 is 1.36. The van der Waals surface area contributed by atoms with Gasteiger partial charge in [-0.1, -0.05) is 78.1 Å². The summed E-state index contributed by atoms with van der Waals surface area (Å²) in [5.74, 6) is 0.0167. The minimum Gasteiger partial charge on any atom is -0.494 e. The average molecular weight is 309 g/mol. The highest BCUT2D eigenvalue weighted by atomic mass is 32.1. The van der Waals surface area contributed by atoms with Crippen LogP contribution in [0.4, 0.5) is 0 Å². The lowest BCUT2D eigenvalue weighted by Crippen LogP contribution is -2.13. The average Bonchev–Trinajstić information content (AvgIpc) is 2.87. The van der Waals surface area contributed by atoms with Crippen LogP contribution in [0.25, 0.3) is 12.2 Å². The summed E-state index contributed by atoms with van der Waals surface area (Å²) in [6.45, 7) is 0.386. The predicted molar refractivity (Wildman–Crippen MR) is 91.2 cm³/mol. The lowest BCUT2D eigenvalue weighted by atomic mass is 10.1. The Balaban J connectivity index is 1.73. The van der Waals surface area contributed by atoms with E-state index in [1.54, 1.807) is 0 Å². The maximum atomic E-state index is 11.6. The monoisotopic (exact) mass is 309 g/mol. The summed E-state index contributed by atoms with van der Waals surface area (Å²) in [7, 11) is 0. The van der Waals surface area contributed by atoms with E-state index in [-0.39, 0.29) is 10.8 Å². The number of aromatic nitrogens is 1. The molecule has 0 saturated heterocycles. The molecule has 0 bridgehead atoms. The maximum absolute atomic E-state index is 11.6. The molecule has 0 saturated carbocycles. The van der Waals surface area contributed by atoms with E-state index in [4.69, 9.17) is 0 Å². The SMILES string of the molecule is O=c1scc(O)n1Cc1ccc(C=Cc2ccccc2)cc1. The van der Waals surface area contributed by atoms with Crippen molar-refractivity contribution in [2.75, 3.05) is 0 Å². The molecule has 0 radical (unpaired) electrons. The zero-order valence-electron chi connectivity index (χ0n) is 11.8. The van der Waals surface area contributed by atoms with Gasteiger partial charge in [-0.25, -0.2) is 0 Å². The van der Waals surface area contributed by atoms with Crippen molar-refractivity contribution in [1.29, 1.82) is 0 Å². The van der Waals surface area contributed by atoms with Crippen LogP contribution in [0, 0.1) is 0 Å². The zero-order valence-corrected chi connectivity index (χ0v) is 12.7. The van der Waals surface area contributed by atoms with Gasteiger partial charge in [-0.15, -0.1) is 0 Å². The molecule has 22 heavy (non-hydrogen) atoms. The van der Waals surface area contributed by atoms with Crippen LogP contribution in [-0.2, 0) is 6.54 Å². The van der Waals surface area contributed by atoms with Gasteiger partial charge in [-0.05, 0) is 16.7 Å². The summed E-state index contributed by atoms with van der Waals surface area (Å²) in [5.41, 5.74) is 3.23. The minimum atomic E-state index is -0.148. The van der Waals surface area contributed by atoms with Crippen molar-refractivity contribution < 1.29 is 5.11 Å². The van der Waals surface area contributed by atoms with Crippen molar-refractivity contribution in [2.24, 2.45) is 0 Å². The molecule has 3 rings (SSSR count). The first-order valence-corrected chi connectivity index (χ1v) is 7.80. The third kappa shape index (κ3) is 3.35. The smallest absolute Gasteiger partial charge is 0.310 e. The molecule has 1 heterocycles. The van der Waals surface area contributed by atoms with Gasteiger partial charge < -0.3 is 5.11 Å². The fourth-order valence-corrected chi connectivity index (χ4v) is 2.76. The number of nitrogens with zero attached hydrogens (tertiary/aromatic N) is 1. The quantitative estimate of drug-likeness (QED) is 0.744. The maximum Gasteiger partial charge on any atom is 0.310 e. The second kappa shape index (κ2) is 6.45. The highest BCUT2D eigenvalue weighted by Crippen LogP contribution is 2.14. The summed E-state index contributed by atoms with van der Waals surface area (Å²) in [5, 5.41) is 11.1. The highest BCUT2D eigenvalue weighted by molar-refractivity contribution is 7.07. The van der Waals surface area contributed by atoms with E-state index in [9.17, 15) is 9.90 Å². The lowest BCUT2D eigenvalue weighted by molar-refractivity contribution is 0.421. The van der Waals surface area contributed by atoms with Gasteiger partial charge in [0.2, 0.25) is 5.88 Å². The van der Waals surface area contributed by atoms with E-state index in [1.807, 2.05) is 48.5 Å². The van der Waals surface area contributed by atoms with Crippen LogP contribution in [0.15, 0.2) is 64.8 Å². The molecule has 2 aromatic carbocycles. The summed E-state index contributed by atoms with van der Waals surface area (Å²) in [6.07, 6.45) is 4.11. The summed E-state index contributed by atoms with van der Waals surface area (Å²) in [4.78, 5) is 11.4. The number of benzene rings is 2. The Morgan fingerprint density at radius 2 is 1.59 bits per heavy atom. The van der Waals surface area contributed by atoms with Gasteiger partial charge in [0.05, 0.1) is 11.9 Å². The second-order valence-corrected chi connectivity index (χ2v) is 5.75. The number of hydrogen-bond acceptors (Lipinski definition) is 3. The van der Waals surface area contributed by atoms with E-state index >= 15 is 0 Å². The van der Waals surface area contributed by atoms with Gasteiger partial charge in [-0.3, -0.25) is 9.36 Å². The topological polar surface area (TPSA) is 42.2 Å². The van der Waals surface area contributed by atoms with E-state index < -0.39 is 0 Å². The fraction of sp³-hybridized carbons (Fsp3) is 0.0556. The number of thiazole rings is 1. The molecule has 0 fully saturated rings. The van der Waals surface area contributed by atoms with E-state index in [1.165, 1.54) is 9.95 Å². The normalized spacial score (nSPS) is 11.1. The molecule has 0 aliphatic rings. The van der Waals surface area contributed by atoms with Crippen LogP contribution in [0.2, 0.25) is 0 Å². The van der Waals surface area contributed by atoms with E-state index in [0.29, 0.717) is 6.54 Å². The molecule has 3 nitrogen and oxygen atoms in total. The first-order chi connectivity index (χ1) is 10.7. The molecule has 3 aromatic rings. The summed E-state index contributed by atoms with van der Waals surface area (Å²) >= 11 is 1.01. The van der Waals surface area contributed by atoms with Crippen molar-refractivity contribution in [3.8, 4) is 5.88 Å². The molecular formula is C18H15NO2S. The van der Waals surface area contributed by atoms with Crippen LogP contribution in [0.3, 0.4) is 0 Å².